The predicted molar refractivity (Wildman–Crippen MR) is 76.5 cm³/mol. The topological polar surface area (TPSA) is 44.7 Å². The summed E-state index contributed by atoms with van der Waals surface area (Å²) in [5.74, 6) is 0.262. The second kappa shape index (κ2) is 6.78. The van der Waals surface area contributed by atoms with Gasteiger partial charge in [-0.3, -0.25) is 9.69 Å². The fraction of sp³-hybridized carbons (Fsp3) is 0.467. The number of hydrogen-bond acceptors (Lipinski definition) is 3. The van der Waals surface area contributed by atoms with E-state index in [9.17, 15) is 18.0 Å². The van der Waals surface area contributed by atoms with Crippen LogP contribution in [0.1, 0.15) is 31.2 Å². The fourth-order valence-corrected chi connectivity index (χ4v) is 2.95. The van der Waals surface area contributed by atoms with Crippen LogP contribution in [0.15, 0.2) is 29.3 Å². The fourth-order valence-electron chi connectivity index (χ4n) is 2.95. The number of benzene rings is 1. The molecule has 1 saturated carbocycles. The minimum atomic E-state index is -4.39. The SMILES string of the molecule is O=C1CN=C(Nc2cccc(C(F)(F)F)c2)N1C1CCCC1.[Cl-]. The van der Waals surface area contributed by atoms with Crippen LogP contribution in [0.25, 0.3) is 0 Å². The maximum atomic E-state index is 12.7. The van der Waals surface area contributed by atoms with E-state index in [0.717, 1.165) is 37.8 Å². The van der Waals surface area contributed by atoms with E-state index < -0.39 is 11.7 Å². The molecule has 0 unspecified atom stereocenters. The molecule has 1 fully saturated rings. The van der Waals surface area contributed by atoms with Crippen molar-refractivity contribution in [1.82, 2.24) is 4.90 Å². The van der Waals surface area contributed by atoms with E-state index in [1.165, 1.54) is 12.1 Å². The number of anilines is 1. The number of nitrogens with zero attached hydrogens (tertiary/aromatic N) is 2. The second-order valence-corrected chi connectivity index (χ2v) is 5.55. The first kappa shape index (κ1) is 17.6. The number of nitrogens with one attached hydrogen (secondary N) is 1. The van der Waals surface area contributed by atoms with Crippen molar-refractivity contribution >= 4 is 17.6 Å². The largest absolute Gasteiger partial charge is 1.00 e. The van der Waals surface area contributed by atoms with Gasteiger partial charge in [0, 0.05) is 11.7 Å². The van der Waals surface area contributed by atoms with Gasteiger partial charge in [-0.2, -0.15) is 13.2 Å². The molecular weight excluding hydrogens is 331 g/mol. The number of guanidine groups is 1. The lowest BCUT2D eigenvalue weighted by Gasteiger charge is -2.25. The summed E-state index contributed by atoms with van der Waals surface area (Å²) in [6.45, 7) is 0.0534. The Bertz CT molecular complexity index is 612. The molecule has 4 nitrogen and oxygen atoms in total. The summed E-state index contributed by atoms with van der Waals surface area (Å²) in [7, 11) is 0. The number of rotatable bonds is 2. The third-order valence-corrected chi connectivity index (χ3v) is 4.00. The lowest BCUT2D eigenvalue weighted by Crippen LogP contribution is -3.00. The molecular formula is C15H16ClF3N3O-. The van der Waals surface area contributed by atoms with Gasteiger partial charge in [-0.25, -0.2) is 4.99 Å². The summed E-state index contributed by atoms with van der Waals surface area (Å²) in [6.07, 6.45) is -0.448. The van der Waals surface area contributed by atoms with Gasteiger partial charge in [-0.05, 0) is 31.0 Å². The van der Waals surface area contributed by atoms with Crippen LogP contribution in [0.4, 0.5) is 18.9 Å². The molecule has 1 aliphatic heterocycles. The van der Waals surface area contributed by atoms with Crippen molar-refractivity contribution in [2.45, 2.75) is 37.9 Å². The quantitative estimate of drug-likeness (QED) is 0.835. The van der Waals surface area contributed by atoms with Gasteiger partial charge in [0.25, 0.3) is 5.91 Å². The Morgan fingerprint density at radius 2 is 1.91 bits per heavy atom. The number of alkyl halides is 3. The molecule has 0 atom stereocenters. The van der Waals surface area contributed by atoms with Crippen LogP contribution in [0.2, 0.25) is 0 Å². The molecule has 0 saturated heterocycles. The maximum Gasteiger partial charge on any atom is 0.416 e. The molecule has 2 aliphatic rings. The number of carbonyl (C=O) groups excluding carboxylic acids is 1. The Balaban J connectivity index is 0.00000192. The van der Waals surface area contributed by atoms with Gasteiger partial charge in [0.2, 0.25) is 5.96 Å². The highest BCUT2D eigenvalue weighted by molar-refractivity contribution is 6.09. The summed E-state index contributed by atoms with van der Waals surface area (Å²) in [4.78, 5) is 17.7. The molecule has 1 aromatic rings. The monoisotopic (exact) mass is 346 g/mol. The standard InChI is InChI=1S/C15H16F3N3O.ClH/c16-15(17,18)10-4-3-5-11(8-10)20-14-19-9-13(22)21(14)12-6-1-2-7-12;/h3-5,8,12H,1-2,6-7,9H2,(H,19,20);1H/p-1. The molecule has 1 amide bonds. The van der Waals surface area contributed by atoms with Crippen molar-refractivity contribution in [1.29, 1.82) is 0 Å². The van der Waals surface area contributed by atoms with Crippen LogP contribution in [-0.2, 0) is 11.0 Å². The van der Waals surface area contributed by atoms with E-state index in [1.54, 1.807) is 4.90 Å². The molecule has 1 N–H and O–H groups in total. The summed E-state index contributed by atoms with van der Waals surface area (Å²) in [6, 6.07) is 5.02. The third-order valence-electron chi connectivity index (χ3n) is 4.00. The molecule has 3 rings (SSSR count). The Morgan fingerprint density at radius 3 is 2.57 bits per heavy atom. The van der Waals surface area contributed by atoms with E-state index in [0.29, 0.717) is 5.96 Å². The second-order valence-electron chi connectivity index (χ2n) is 5.55. The first-order chi connectivity index (χ1) is 10.4. The molecule has 1 aliphatic carbocycles. The molecule has 0 spiro atoms. The maximum absolute atomic E-state index is 12.7. The highest BCUT2D eigenvalue weighted by Crippen LogP contribution is 2.31. The van der Waals surface area contributed by atoms with E-state index in [2.05, 4.69) is 10.3 Å². The van der Waals surface area contributed by atoms with Crippen LogP contribution in [0.5, 0.6) is 0 Å². The smallest absolute Gasteiger partial charge is 0.416 e. The normalized spacial score (nSPS) is 18.8. The van der Waals surface area contributed by atoms with E-state index >= 15 is 0 Å². The Hall–Kier alpha value is -1.76. The molecule has 23 heavy (non-hydrogen) atoms. The zero-order valence-corrected chi connectivity index (χ0v) is 13.0. The zero-order chi connectivity index (χ0) is 15.7. The number of hydrogen-bond donors (Lipinski definition) is 1. The third kappa shape index (κ3) is 3.77. The molecule has 1 heterocycles. The van der Waals surface area contributed by atoms with Crippen molar-refractivity contribution in [3.63, 3.8) is 0 Å². The zero-order valence-electron chi connectivity index (χ0n) is 12.2. The minimum absolute atomic E-state index is 0. The van der Waals surface area contributed by atoms with Gasteiger partial charge in [0.05, 0.1) is 5.56 Å². The number of halogens is 4. The lowest BCUT2D eigenvalue weighted by molar-refractivity contribution is -0.137. The number of aliphatic imine (C=N–C) groups is 1. The van der Waals surface area contributed by atoms with Gasteiger partial charge < -0.3 is 17.7 Å². The Morgan fingerprint density at radius 1 is 1.22 bits per heavy atom. The van der Waals surface area contributed by atoms with Crippen molar-refractivity contribution < 1.29 is 30.4 Å². The lowest BCUT2D eigenvalue weighted by atomic mass is 10.2. The molecule has 0 bridgehead atoms. The Labute approximate surface area is 138 Å². The summed E-state index contributed by atoms with van der Waals surface area (Å²) < 4.78 is 38.2. The highest BCUT2D eigenvalue weighted by Gasteiger charge is 2.34. The average molecular weight is 347 g/mol. The highest BCUT2D eigenvalue weighted by atomic mass is 35.5. The van der Waals surface area contributed by atoms with E-state index in [4.69, 9.17) is 0 Å². The first-order valence-electron chi connectivity index (χ1n) is 7.26. The van der Waals surface area contributed by atoms with Crippen molar-refractivity contribution in [2.75, 3.05) is 11.9 Å². The van der Waals surface area contributed by atoms with Gasteiger partial charge >= 0.3 is 6.18 Å². The van der Waals surface area contributed by atoms with Crippen LogP contribution >= 0.6 is 0 Å². The van der Waals surface area contributed by atoms with Crippen LogP contribution in [0, 0.1) is 0 Å². The van der Waals surface area contributed by atoms with E-state index in [1.807, 2.05) is 0 Å². The van der Waals surface area contributed by atoms with Crippen molar-refractivity contribution in [2.24, 2.45) is 4.99 Å². The van der Waals surface area contributed by atoms with Gasteiger partial charge in [0.15, 0.2) is 0 Å². The number of carbonyl (C=O) groups is 1. The summed E-state index contributed by atoms with van der Waals surface area (Å²) in [5, 5.41) is 2.87. The molecule has 126 valence electrons. The summed E-state index contributed by atoms with van der Waals surface area (Å²) in [5.41, 5.74) is -0.443. The van der Waals surface area contributed by atoms with Gasteiger partial charge in [-0.15, -0.1) is 0 Å². The Kier molecular flexibility index (Phi) is 5.19. The number of amides is 1. The predicted octanol–water partition coefficient (Wildman–Crippen LogP) is 0.262. The molecule has 1 aromatic carbocycles. The first-order valence-corrected chi connectivity index (χ1v) is 7.26. The van der Waals surface area contributed by atoms with E-state index in [-0.39, 0.29) is 36.6 Å². The van der Waals surface area contributed by atoms with Crippen LogP contribution < -0.4 is 17.7 Å². The molecule has 8 heteroatoms. The van der Waals surface area contributed by atoms with Crippen molar-refractivity contribution in [3.05, 3.63) is 29.8 Å². The van der Waals surface area contributed by atoms with Crippen molar-refractivity contribution in [3.8, 4) is 0 Å². The molecule has 0 radical (unpaired) electrons. The summed E-state index contributed by atoms with van der Waals surface area (Å²) >= 11 is 0. The minimum Gasteiger partial charge on any atom is -1.00 e. The van der Waals surface area contributed by atoms with Gasteiger partial charge in [0.1, 0.15) is 6.54 Å². The van der Waals surface area contributed by atoms with Crippen LogP contribution in [-0.4, -0.2) is 29.4 Å². The van der Waals surface area contributed by atoms with Crippen LogP contribution in [0.3, 0.4) is 0 Å². The molecule has 0 aromatic heterocycles. The van der Waals surface area contributed by atoms with Gasteiger partial charge in [-0.1, -0.05) is 18.9 Å². The average Bonchev–Trinajstić information content (AvgIpc) is 3.08.